The van der Waals surface area contributed by atoms with E-state index in [9.17, 15) is 10.1 Å². The molecule has 0 saturated carbocycles. The molecule has 3 aromatic rings. The van der Waals surface area contributed by atoms with Gasteiger partial charge in [0.15, 0.2) is 0 Å². The van der Waals surface area contributed by atoms with Crippen LogP contribution in [0.1, 0.15) is 25.8 Å². The minimum atomic E-state index is 0.431. The van der Waals surface area contributed by atoms with Gasteiger partial charge in [0.1, 0.15) is 11.8 Å². The molecule has 1 saturated heterocycles. The highest BCUT2D eigenvalue weighted by Crippen LogP contribution is 2.35. The third-order valence-corrected chi connectivity index (χ3v) is 7.08. The predicted octanol–water partition coefficient (Wildman–Crippen LogP) is 5.24. The van der Waals surface area contributed by atoms with Gasteiger partial charge in [0, 0.05) is 61.9 Å². The van der Waals surface area contributed by atoms with Crippen molar-refractivity contribution in [2.45, 2.75) is 26.8 Å². The molecule has 0 unspecified atom stereocenters. The van der Waals surface area contributed by atoms with Gasteiger partial charge in [-0.2, -0.15) is 17.0 Å². The van der Waals surface area contributed by atoms with E-state index in [0.29, 0.717) is 19.7 Å². The number of fused-ring (bicyclic) bond motifs is 1. The number of rotatable bonds is 10. The SMILES string of the molecule is CCOC=O.CCn1c(-c2ccc(NC)cc2)c(C#N)c2ccc(OCCCN3CCSCC3)cc21. The molecule has 2 aromatic carbocycles. The molecule has 1 aromatic heterocycles. The number of hydrogen-bond acceptors (Lipinski definition) is 7. The molecule has 36 heavy (non-hydrogen) atoms. The van der Waals surface area contributed by atoms with Crippen LogP contribution in [0.4, 0.5) is 5.69 Å². The number of hydrogen-bond donors (Lipinski definition) is 1. The highest BCUT2D eigenvalue weighted by Gasteiger charge is 2.18. The average molecular weight is 509 g/mol. The van der Waals surface area contributed by atoms with Crippen LogP contribution in [0.15, 0.2) is 42.5 Å². The fourth-order valence-corrected chi connectivity index (χ4v) is 5.31. The lowest BCUT2D eigenvalue weighted by Gasteiger charge is -2.25. The Kier molecular flexibility index (Phi) is 11.0. The number of nitrogens with zero attached hydrogens (tertiary/aromatic N) is 3. The number of ether oxygens (including phenoxy) is 2. The van der Waals surface area contributed by atoms with Gasteiger partial charge in [-0.15, -0.1) is 0 Å². The normalized spacial score (nSPS) is 13.4. The molecule has 0 aliphatic carbocycles. The smallest absolute Gasteiger partial charge is 0.293 e. The Hall–Kier alpha value is -3.15. The number of aromatic nitrogens is 1. The lowest BCUT2D eigenvalue weighted by molar-refractivity contribution is -0.128. The molecule has 1 fully saturated rings. The van der Waals surface area contributed by atoms with E-state index < -0.39 is 0 Å². The minimum absolute atomic E-state index is 0.431. The molecule has 4 rings (SSSR count). The van der Waals surface area contributed by atoms with Gasteiger partial charge < -0.3 is 24.3 Å². The summed E-state index contributed by atoms with van der Waals surface area (Å²) in [6.07, 6.45) is 1.03. The Morgan fingerprint density at radius 1 is 1.14 bits per heavy atom. The zero-order valence-electron chi connectivity index (χ0n) is 21.5. The zero-order chi connectivity index (χ0) is 25.8. The van der Waals surface area contributed by atoms with Crippen LogP contribution in [0.3, 0.4) is 0 Å². The predicted molar refractivity (Wildman–Crippen MR) is 149 cm³/mol. The zero-order valence-corrected chi connectivity index (χ0v) is 22.3. The van der Waals surface area contributed by atoms with Gasteiger partial charge in [-0.1, -0.05) is 12.1 Å². The standard InChI is InChI=1S/C25H30N4OS.C3H6O2/c1-3-29-24-17-21(30-14-4-11-28-12-15-31-16-13-28)9-10-22(24)23(18-26)25(29)19-5-7-20(27-2)8-6-19;1-2-5-3-4/h5-10,17,27H,3-4,11-16H2,1-2H3;3H,2H2,1H3. The van der Waals surface area contributed by atoms with Gasteiger partial charge in [0.05, 0.1) is 30.0 Å². The van der Waals surface area contributed by atoms with Crippen LogP contribution in [-0.2, 0) is 16.1 Å². The summed E-state index contributed by atoms with van der Waals surface area (Å²) in [6.45, 7) is 9.77. The van der Waals surface area contributed by atoms with E-state index in [1.165, 1.54) is 24.6 Å². The maximum absolute atomic E-state index is 9.94. The van der Waals surface area contributed by atoms with Crippen molar-refractivity contribution in [1.82, 2.24) is 9.47 Å². The molecule has 0 radical (unpaired) electrons. The van der Waals surface area contributed by atoms with E-state index in [1.54, 1.807) is 6.92 Å². The van der Waals surface area contributed by atoms with E-state index >= 15 is 0 Å². The van der Waals surface area contributed by atoms with E-state index in [1.807, 2.05) is 43.1 Å². The van der Waals surface area contributed by atoms with Crippen molar-refractivity contribution < 1.29 is 14.3 Å². The van der Waals surface area contributed by atoms with Crippen LogP contribution < -0.4 is 10.1 Å². The summed E-state index contributed by atoms with van der Waals surface area (Å²) >= 11 is 2.04. The number of benzene rings is 2. The quantitative estimate of drug-likeness (QED) is 0.296. The molecule has 2 heterocycles. The van der Waals surface area contributed by atoms with E-state index in [-0.39, 0.29) is 0 Å². The molecular weight excluding hydrogens is 472 g/mol. The van der Waals surface area contributed by atoms with Crippen molar-refractivity contribution in [3.63, 3.8) is 0 Å². The summed E-state index contributed by atoms with van der Waals surface area (Å²) in [5, 5.41) is 14.1. The molecule has 0 spiro atoms. The molecule has 0 bridgehead atoms. The maximum Gasteiger partial charge on any atom is 0.293 e. The van der Waals surface area contributed by atoms with Gasteiger partial charge >= 0.3 is 0 Å². The first kappa shape index (κ1) is 27.4. The van der Waals surface area contributed by atoms with Crippen molar-refractivity contribution in [3.05, 3.63) is 48.0 Å². The van der Waals surface area contributed by atoms with Crippen molar-refractivity contribution >= 4 is 34.8 Å². The molecule has 192 valence electrons. The van der Waals surface area contributed by atoms with E-state index in [2.05, 4.69) is 50.7 Å². The van der Waals surface area contributed by atoms with Crippen molar-refractivity contribution in [1.29, 1.82) is 5.26 Å². The second-order valence-corrected chi connectivity index (χ2v) is 9.52. The molecule has 8 heteroatoms. The van der Waals surface area contributed by atoms with E-state index in [0.717, 1.165) is 58.7 Å². The fourth-order valence-electron chi connectivity index (χ4n) is 4.33. The molecule has 7 nitrogen and oxygen atoms in total. The average Bonchev–Trinajstić information content (AvgIpc) is 3.25. The lowest BCUT2D eigenvalue weighted by atomic mass is 10.1. The van der Waals surface area contributed by atoms with Gasteiger partial charge in [-0.05, 0) is 50.1 Å². The molecule has 1 aliphatic heterocycles. The van der Waals surface area contributed by atoms with Crippen LogP contribution >= 0.6 is 11.8 Å². The number of nitrogens with one attached hydrogen (secondary N) is 1. The minimum Gasteiger partial charge on any atom is -0.493 e. The van der Waals surface area contributed by atoms with Crippen LogP contribution in [0.5, 0.6) is 5.75 Å². The van der Waals surface area contributed by atoms with Gasteiger partial charge in [0.25, 0.3) is 6.47 Å². The maximum atomic E-state index is 9.94. The number of carbonyl (C=O) groups is 1. The number of carbonyl (C=O) groups excluding carboxylic acids is 1. The second kappa shape index (κ2) is 14.4. The summed E-state index contributed by atoms with van der Waals surface area (Å²) in [5.74, 6) is 3.36. The first-order chi connectivity index (χ1) is 17.7. The molecule has 0 atom stereocenters. The molecule has 1 aliphatic rings. The summed E-state index contributed by atoms with van der Waals surface area (Å²) in [6, 6.07) is 16.8. The third kappa shape index (κ3) is 6.96. The van der Waals surface area contributed by atoms with Crippen LogP contribution in [0.25, 0.3) is 22.2 Å². The molecule has 1 N–H and O–H groups in total. The Morgan fingerprint density at radius 2 is 1.89 bits per heavy atom. The summed E-state index contributed by atoms with van der Waals surface area (Å²) in [5.41, 5.74) is 4.86. The Labute approximate surface area is 218 Å². The lowest BCUT2D eigenvalue weighted by Crippen LogP contribution is -2.33. The van der Waals surface area contributed by atoms with Gasteiger partial charge in [-0.3, -0.25) is 4.79 Å². The summed E-state index contributed by atoms with van der Waals surface area (Å²) < 4.78 is 12.5. The Morgan fingerprint density at radius 3 is 2.47 bits per heavy atom. The van der Waals surface area contributed by atoms with Crippen LogP contribution in [0.2, 0.25) is 0 Å². The molecular formula is C28H36N4O3S. The van der Waals surface area contributed by atoms with Crippen molar-refractivity contribution in [2.24, 2.45) is 0 Å². The summed E-state index contributed by atoms with van der Waals surface area (Å²) in [4.78, 5) is 11.7. The third-order valence-electron chi connectivity index (χ3n) is 6.14. The Balaban J connectivity index is 0.000000658. The molecule has 0 amide bonds. The van der Waals surface area contributed by atoms with Crippen LogP contribution in [0, 0.1) is 11.3 Å². The number of nitriles is 1. The highest BCUT2D eigenvalue weighted by atomic mass is 32.2. The first-order valence-electron chi connectivity index (χ1n) is 12.5. The summed E-state index contributed by atoms with van der Waals surface area (Å²) in [7, 11) is 1.91. The van der Waals surface area contributed by atoms with Crippen LogP contribution in [-0.4, -0.2) is 67.3 Å². The topological polar surface area (TPSA) is 79.5 Å². The van der Waals surface area contributed by atoms with Gasteiger partial charge in [-0.25, -0.2) is 0 Å². The number of aryl methyl sites for hydroxylation is 1. The highest BCUT2D eigenvalue weighted by molar-refractivity contribution is 7.99. The fraction of sp³-hybridized carbons (Fsp3) is 0.429. The first-order valence-corrected chi connectivity index (χ1v) is 13.6. The Bertz CT molecular complexity index is 1150. The van der Waals surface area contributed by atoms with E-state index in [4.69, 9.17) is 4.74 Å². The largest absolute Gasteiger partial charge is 0.493 e. The van der Waals surface area contributed by atoms with Crippen molar-refractivity contribution in [3.8, 4) is 23.1 Å². The number of anilines is 1. The second-order valence-electron chi connectivity index (χ2n) is 8.29. The van der Waals surface area contributed by atoms with Crippen molar-refractivity contribution in [2.75, 3.05) is 56.7 Å². The van der Waals surface area contributed by atoms with Gasteiger partial charge in [0.2, 0.25) is 0 Å². The number of thioether (sulfide) groups is 1. The monoisotopic (exact) mass is 508 g/mol.